The highest BCUT2D eigenvalue weighted by Gasteiger charge is 2.20. The molecule has 0 fully saturated rings. The van der Waals surface area contributed by atoms with Gasteiger partial charge in [0.15, 0.2) is 5.16 Å². The molecular weight excluding hydrogens is 422 g/mol. The van der Waals surface area contributed by atoms with Crippen LogP contribution in [0.5, 0.6) is 0 Å². The van der Waals surface area contributed by atoms with Gasteiger partial charge in [0.2, 0.25) is 5.91 Å². The van der Waals surface area contributed by atoms with E-state index in [1.165, 1.54) is 11.8 Å². The minimum atomic E-state index is -0.430. The molecule has 0 aliphatic rings. The van der Waals surface area contributed by atoms with E-state index in [9.17, 15) is 9.59 Å². The Morgan fingerprint density at radius 1 is 1.16 bits per heavy atom. The summed E-state index contributed by atoms with van der Waals surface area (Å²) < 4.78 is 7.30. The standard InChI is InChI=1S/C25H31N3O3S/c1-16(2)31-14-8-13-28-24(30)20-9-6-7-10-21(20)27-25(28)32-19(5)23(29)26-22-15-17(3)11-12-18(22)4/h6-7,9-12,15-16,19H,8,13-14H2,1-5H3,(H,26,29). The van der Waals surface area contributed by atoms with Crippen LogP contribution in [0.3, 0.4) is 0 Å². The number of para-hydroxylation sites is 1. The maximum atomic E-state index is 13.2. The fourth-order valence-corrected chi connectivity index (χ4v) is 4.23. The number of thioether (sulfide) groups is 1. The highest BCUT2D eigenvalue weighted by atomic mass is 32.2. The number of benzene rings is 2. The Balaban J connectivity index is 1.83. The molecule has 0 saturated heterocycles. The number of ether oxygens (including phenoxy) is 1. The quantitative estimate of drug-likeness (QED) is 0.282. The number of nitrogens with zero attached hydrogens (tertiary/aromatic N) is 2. The number of hydrogen-bond acceptors (Lipinski definition) is 5. The van der Waals surface area contributed by atoms with Crippen molar-refractivity contribution in [2.75, 3.05) is 11.9 Å². The topological polar surface area (TPSA) is 73.2 Å². The van der Waals surface area contributed by atoms with Crippen molar-refractivity contribution in [1.82, 2.24) is 9.55 Å². The van der Waals surface area contributed by atoms with Gasteiger partial charge in [-0.2, -0.15) is 0 Å². The van der Waals surface area contributed by atoms with Crippen LogP contribution in [0, 0.1) is 13.8 Å². The second-order valence-electron chi connectivity index (χ2n) is 8.21. The Kier molecular flexibility index (Phi) is 8.10. The lowest BCUT2D eigenvalue weighted by Crippen LogP contribution is -2.27. The van der Waals surface area contributed by atoms with Gasteiger partial charge >= 0.3 is 0 Å². The number of aromatic nitrogens is 2. The normalized spacial score (nSPS) is 12.3. The molecule has 1 unspecified atom stereocenters. The van der Waals surface area contributed by atoms with E-state index in [1.54, 1.807) is 10.6 Å². The zero-order valence-electron chi connectivity index (χ0n) is 19.3. The number of aryl methyl sites for hydroxylation is 2. The maximum Gasteiger partial charge on any atom is 0.262 e. The van der Waals surface area contributed by atoms with Crippen molar-refractivity contribution in [1.29, 1.82) is 0 Å². The highest BCUT2D eigenvalue weighted by Crippen LogP contribution is 2.25. The first-order chi connectivity index (χ1) is 15.3. The first kappa shape index (κ1) is 24.0. The minimum Gasteiger partial charge on any atom is -0.379 e. The lowest BCUT2D eigenvalue weighted by atomic mass is 10.1. The summed E-state index contributed by atoms with van der Waals surface area (Å²) in [4.78, 5) is 30.8. The van der Waals surface area contributed by atoms with Crippen LogP contribution in [-0.2, 0) is 16.1 Å². The average molecular weight is 454 g/mol. The molecule has 0 aliphatic heterocycles. The van der Waals surface area contributed by atoms with Gasteiger partial charge in [0, 0.05) is 18.8 Å². The number of carbonyl (C=O) groups is 1. The second kappa shape index (κ2) is 10.8. The number of carbonyl (C=O) groups excluding carboxylic acids is 1. The largest absolute Gasteiger partial charge is 0.379 e. The predicted octanol–water partition coefficient (Wildman–Crippen LogP) is 4.95. The van der Waals surface area contributed by atoms with E-state index in [2.05, 4.69) is 5.32 Å². The molecule has 3 aromatic rings. The van der Waals surface area contributed by atoms with Crippen molar-refractivity contribution in [2.45, 2.75) is 64.1 Å². The summed E-state index contributed by atoms with van der Waals surface area (Å²) >= 11 is 1.30. The monoisotopic (exact) mass is 453 g/mol. The van der Waals surface area contributed by atoms with Gasteiger partial charge < -0.3 is 10.1 Å². The number of rotatable bonds is 9. The fraction of sp³-hybridized carbons (Fsp3) is 0.400. The molecule has 6 nitrogen and oxygen atoms in total. The molecule has 7 heteroatoms. The van der Waals surface area contributed by atoms with Gasteiger partial charge in [-0.3, -0.25) is 14.2 Å². The van der Waals surface area contributed by atoms with Crippen LogP contribution in [0.2, 0.25) is 0 Å². The average Bonchev–Trinajstić information content (AvgIpc) is 2.75. The van der Waals surface area contributed by atoms with Crippen molar-refractivity contribution >= 4 is 34.3 Å². The third-order valence-electron chi connectivity index (χ3n) is 5.11. The zero-order chi connectivity index (χ0) is 23.3. The molecule has 0 aliphatic carbocycles. The molecule has 1 N–H and O–H groups in total. The number of nitrogens with one attached hydrogen (secondary N) is 1. The third kappa shape index (κ3) is 5.99. The number of fused-ring (bicyclic) bond motifs is 1. The molecule has 1 amide bonds. The van der Waals surface area contributed by atoms with E-state index in [4.69, 9.17) is 9.72 Å². The molecule has 0 spiro atoms. The smallest absolute Gasteiger partial charge is 0.262 e. The van der Waals surface area contributed by atoms with Gasteiger partial charge in [-0.25, -0.2) is 4.98 Å². The first-order valence-electron chi connectivity index (χ1n) is 10.9. The summed E-state index contributed by atoms with van der Waals surface area (Å²) in [7, 11) is 0. The maximum absolute atomic E-state index is 13.2. The van der Waals surface area contributed by atoms with E-state index in [-0.39, 0.29) is 17.6 Å². The number of hydrogen-bond donors (Lipinski definition) is 1. The van der Waals surface area contributed by atoms with Crippen LogP contribution in [0.25, 0.3) is 10.9 Å². The predicted molar refractivity (Wildman–Crippen MR) is 132 cm³/mol. The Morgan fingerprint density at radius 2 is 1.91 bits per heavy atom. The van der Waals surface area contributed by atoms with Crippen molar-refractivity contribution in [3.8, 4) is 0 Å². The summed E-state index contributed by atoms with van der Waals surface area (Å²) in [6, 6.07) is 13.3. The lowest BCUT2D eigenvalue weighted by Gasteiger charge is -2.17. The summed E-state index contributed by atoms with van der Waals surface area (Å²) in [5.41, 5.74) is 3.44. The Bertz CT molecular complexity index is 1160. The van der Waals surface area contributed by atoms with Crippen molar-refractivity contribution < 1.29 is 9.53 Å². The fourth-order valence-electron chi connectivity index (χ4n) is 3.29. The first-order valence-corrected chi connectivity index (χ1v) is 11.8. The molecule has 1 aromatic heterocycles. The van der Waals surface area contributed by atoms with Crippen LogP contribution < -0.4 is 10.9 Å². The second-order valence-corrected chi connectivity index (χ2v) is 9.52. The van der Waals surface area contributed by atoms with Gasteiger partial charge in [0.25, 0.3) is 5.56 Å². The summed E-state index contributed by atoms with van der Waals surface area (Å²) in [5, 5.41) is 3.70. The molecule has 32 heavy (non-hydrogen) atoms. The highest BCUT2D eigenvalue weighted by molar-refractivity contribution is 8.00. The van der Waals surface area contributed by atoms with Gasteiger partial charge in [-0.15, -0.1) is 0 Å². The van der Waals surface area contributed by atoms with Gasteiger partial charge in [-0.1, -0.05) is 36.0 Å². The van der Waals surface area contributed by atoms with Crippen LogP contribution in [0.1, 0.15) is 38.3 Å². The van der Waals surface area contributed by atoms with Crippen molar-refractivity contribution in [3.05, 3.63) is 63.9 Å². The molecule has 0 saturated carbocycles. The molecule has 3 rings (SSSR count). The third-order valence-corrected chi connectivity index (χ3v) is 6.20. The lowest BCUT2D eigenvalue weighted by molar-refractivity contribution is -0.115. The summed E-state index contributed by atoms with van der Waals surface area (Å²) in [6.45, 7) is 10.8. The van der Waals surface area contributed by atoms with Crippen molar-refractivity contribution in [2.24, 2.45) is 0 Å². The Hall–Kier alpha value is -2.64. The molecular formula is C25H31N3O3S. The SMILES string of the molecule is Cc1ccc(C)c(NC(=O)C(C)Sc2nc3ccccc3c(=O)n2CCCOC(C)C)c1. The van der Waals surface area contributed by atoms with E-state index < -0.39 is 5.25 Å². The van der Waals surface area contributed by atoms with Crippen LogP contribution in [-0.4, -0.2) is 33.4 Å². The van der Waals surface area contributed by atoms with Crippen LogP contribution in [0.15, 0.2) is 52.4 Å². The van der Waals surface area contributed by atoms with Gasteiger partial charge in [0.1, 0.15) is 0 Å². The summed E-state index contributed by atoms with van der Waals surface area (Å²) in [6.07, 6.45) is 0.832. The minimum absolute atomic E-state index is 0.0928. The van der Waals surface area contributed by atoms with Crippen LogP contribution >= 0.6 is 11.8 Å². The van der Waals surface area contributed by atoms with E-state index >= 15 is 0 Å². The van der Waals surface area contributed by atoms with Crippen LogP contribution in [0.4, 0.5) is 5.69 Å². The van der Waals surface area contributed by atoms with Gasteiger partial charge in [0.05, 0.1) is 22.3 Å². The van der Waals surface area contributed by atoms with Crippen molar-refractivity contribution in [3.63, 3.8) is 0 Å². The molecule has 2 aromatic carbocycles. The van der Waals surface area contributed by atoms with E-state index in [1.807, 2.05) is 71.0 Å². The zero-order valence-corrected chi connectivity index (χ0v) is 20.2. The molecule has 0 radical (unpaired) electrons. The van der Waals surface area contributed by atoms with E-state index in [0.717, 1.165) is 16.8 Å². The number of amides is 1. The Morgan fingerprint density at radius 3 is 2.66 bits per heavy atom. The Labute approximate surface area is 193 Å². The summed E-state index contributed by atoms with van der Waals surface area (Å²) in [5.74, 6) is -0.124. The van der Waals surface area contributed by atoms with Gasteiger partial charge in [-0.05, 0) is 70.4 Å². The molecule has 0 bridgehead atoms. The molecule has 1 heterocycles. The van der Waals surface area contributed by atoms with E-state index in [0.29, 0.717) is 35.6 Å². The molecule has 1 atom stereocenters. The number of anilines is 1. The molecule has 170 valence electrons.